The van der Waals surface area contributed by atoms with Crippen molar-refractivity contribution in [1.29, 1.82) is 0 Å². The first-order chi connectivity index (χ1) is 13.8. The molecule has 0 radical (unpaired) electrons. The Balaban J connectivity index is 1.89. The number of carbonyl (C=O) groups excluding carboxylic acids is 1. The molecule has 1 aliphatic heterocycles. The minimum Gasteiger partial charge on any atom is -0.287 e. The quantitative estimate of drug-likeness (QED) is 0.632. The Labute approximate surface area is 164 Å². The molecule has 2 amide bonds. The average molecular weight is 418 g/mol. The van der Waals surface area contributed by atoms with Gasteiger partial charge in [-0.3, -0.25) is 4.90 Å². The molecule has 3 aromatic rings. The van der Waals surface area contributed by atoms with Crippen molar-refractivity contribution in [1.82, 2.24) is 0 Å². The number of para-hydroxylation sites is 1. The molecule has 148 valence electrons. The summed E-state index contributed by atoms with van der Waals surface area (Å²) in [5.74, 6) is -2.43. The molecule has 0 saturated carbocycles. The number of urea groups is 1. The van der Waals surface area contributed by atoms with E-state index in [0.29, 0.717) is 11.6 Å². The number of hydrogen-bond acceptors (Lipinski definition) is 3. The smallest absolute Gasteiger partial charge is 0.287 e. The molecule has 1 aliphatic rings. The van der Waals surface area contributed by atoms with Gasteiger partial charge in [-0.1, -0.05) is 24.3 Å². The average Bonchev–Trinajstić information content (AvgIpc) is 2.69. The van der Waals surface area contributed by atoms with E-state index in [0.717, 1.165) is 17.0 Å². The summed E-state index contributed by atoms with van der Waals surface area (Å²) in [5.41, 5.74) is -0.1000. The van der Waals surface area contributed by atoms with Crippen molar-refractivity contribution in [2.24, 2.45) is 0 Å². The van der Waals surface area contributed by atoms with Crippen LogP contribution in [-0.2, 0) is 16.6 Å². The maximum absolute atomic E-state index is 14.4. The Hall–Kier alpha value is -3.33. The highest BCUT2D eigenvalue weighted by atomic mass is 32.2. The van der Waals surface area contributed by atoms with Crippen molar-refractivity contribution in [3.05, 3.63) is 89.7 Å². The van der Waals surface area contributed by atoms with Crippen molar-refractivity contribution < 1.29 is 26.4 Å². The maximum atomic E-state index is 14.4. The van der Waals surface area contributed by atoms with Crippen LogP contribution in [0.2, 0.25) is 0 Å². The molecule has 0 N–H and O–H groups in total. The number of amides is 2. The number of sulfonamides is 1. The molecule has 0 unspecified atom stereocenters. The fourth-order valence-electron chi connectivity index (χ4n) is 3.11. The van der Waals surface area contributed by atoms with E-state index < -0.39 is 39.2 Å². The molecule has 4 rings (SSSR count). The van der Waals surface area contributed by atoms with Crippen LogP contribution < -0.4 is 9.21 Å². The lowest BCUT2D eigenvalue weighted by Crippen LogP contribution is -2.51. The summed E-state index contributed by atoms with van der Waals surface area (Å²) in [7, 11) is -4.48. The predicted octanol–water partition coefficient (Wildman–Crippen LogP) is 4.44. The van der Waals surface area contributed by atoms with E-state index in [1.807, 2.05) is 0 Å². The molecule has 0 saturated heterocycles. The third-order valence-electron chi connectivity index (χ3n) is 4.46. The summed E-state index contributed by atoms with van der Waals surface area (Å²) < 4.78 is 67.6. The number of halogens is 3. The van der Waals surface area contributed by atoms with Crippen LogP contribution >= 0.6 is 0 Å². The molecule has 0 aromatic heterocycles. The number of anilines is 2. The van der Waals surface area contributed by atoms with Crippen LogP contribution in [-0.4, -0.2) is 14.4 Å². The molecule has 0 fully saturated rings. The Morgan fingerprint density at radius 1 is 0.793 bits per heavy atom. The number of carbonyl (C=O) groups is 1. The van der Waals surface area contributed by atoms with Gasteiger partial charge in [0.2, 0.25) is 0 Å². The molecule has 1 heterocycles. The van der Waals surface area contributed by atoms with Crippen LogP contribution in [0.15, 0.2) is 71.6 Å². The monoisotopic (exact) mass is 418 g/mol. The van der Waals surface area contributed by atoms with Crippen LogP contribution in [0.5, 0.6) is 0 Å². The second-order valence-electron chi connectivity index (χ2n) is 6.33. The van der Waals surface area contributed by atoms with E-state index in [4.69, 9.17) is 0 Å². The highest BCUT2D eigenvalue weighted by Gasteiger charge is 2.43. The molecular formula is C20H13F3N2O3S. The van der Waals surface area contributed by atoms with Crippen LogP contribution in [0.4, 0.5) is 29.3 Å². The first kappa shape index (κ1) is 19.0. The molecule has 3 aromatic carbocycles. The Kier molecular flexibility index (Phi) is 4.54. The number of benzene rings is 3. The van der Waals surface area contributed by atoms with E-state index in [2.05, 4.69) is 0 Å². The number of hydrogen-bond donors (Lipinski definition) is 0. The fraction of sp³-hybridized carbons (Fsp3) is 0.0500. The summed E-state index contributed by atoms with van der Waals surface area (Å²) in [6, 6.07) is 12.2. The molecule has 29 heavy (non-hydrogen) atoms. The van der Waals surface area contributed by atoms with Gasteiger partial charge in [-0.2, -0.15) is 4.31 Å². The van der Waals surface area contributed by atoms with Gasteiger partial charge >= 0.3 is 6.03 Å². The van der Waals surface area contributed by atoms with Crippen molar-refractivity contribution in [2.45, 2.75) is 11.4 Å². The van der Waals surface area contributed by atoms with Crippen LogP contribution in [0.25, 0.3) is 0 Å². The lowest BCUT2D eigenvalue weighted by Gasteiger charge is -2.36. The van der Waals surface area contributed by atoms with Gasteiger partial charge in [-0.05, 0) is 42.0 Å². The predicted molar refractivity (Wildman–Crippen MR) is 100 cm³/mol. The summed E-state index contributed by atoms with van der Waals surface area (Å²) in [5, 5.41) is 0. The zero-order valence-electron chi connectivity index (χ0n) is 14.7. The normalized spacial score (nSPS) is 15.3. The topological polar surface area (TPSA) is 57.7 Å². The van der Waals surface area contributed by atoms with Gasteiger partial charge in [0.05, 0.1) is 12.2 Å². The molecule has 9 heteroatoms. The zero-order valence-corrected chi connectivity index (χ0v) is 15.5. The van der Waals surface area contributed by atoms with Gasteiger partial charge in [0.1, 0.15) is 28.0 Å². The van der Waals surface area contributed by atoms with Crippen LogP contribution in [0, 0.1) is 17.5 Å². The van der Waals surface area contributed by atoms with Gasteiger partial charge in [-0.15, -0.1) is 0 Å². The van der Waals surface area contributed by atoms with E-state index in [1.165, 1.54) is 42.5 Å². The fourth-order valence-corrected chi connectivity index (χ4v) is 4.70. The minimum absolute atomic E-state index is 0.0925. The summed E-state index contributed by atoms with van der Waals surface area (Å²) in [6.07, 6.45) is 0. The lowest BCUT2D eigenvalue weighted by molar-refractivity contribution is 0.253. The Morgan fingerprint density at radius 2 is 1.45 bits per heavy atom. The Morgan fingerprint density at radius 3 is 2.17 bits per heavy atom. The highest BCUT2D eigenvalue weighted by molar-refractivity contribution is 7.94. The minimum atomic E-state index is -4.48. The van der Waals surface area contributed by atoms with Crippen molar-refractivity contribution >= 4 is 27.4 Å². The van der Waals surface area contributed by atoms with E-state index in [-0.39, 0.29) is 21.4 Å². The van der Waals surface area contributed by atoms with Gasteiger partial charge in [-0.25, -0.2) is 26.4 Å². The SMILES string of the molecule is O=C1N(Cc2ccc(F)cc2)c2ccccc2S(=O)(=O)N1c1cc(F)ccc1F. The lowest BCUT2D eigenvalue weighted by atomic mass is 10.2. The maximum Gasteiger partial charge on any atom is 0.343 e. The van der Waals surface area contributed by atoms with E-state index >= 15 is 0 Å². The highest BCUT2D eigenvalue weighted by Crippen LogP contribution is 2.38. The standard InChI is InChI=1S/C20H13F3N2O3S/c21-14-7-5-13(6-8-14)12-24-17-3-1-2-4-19(17)29(27,28)25(20(24)26)18-11-15(22)9-10-16(18)23/h1-11H,12H2. The molecule has 0 bridgehead atoms. The summed E-state index contributed by atoms with van der Waals surface area (Å²) in [6.45, 7) is -0.0981. The molecule has 0 atom stereocenters. The number of nitrogens with zero attached hydrogens (tertiary/aromatic N) is 2. The van der Waals surface area contributed by atoms with E-state index in [1.54, 1.807) is 6.07 Å². The molecule has 0 spiro atoms. The third-order valence-corrected chi connectivity index (χ3v) is 6.19. The van der Waals surface area contributed by atoms with Crippen molar-refractivity contribution in [3.63, 3.8) is 0 Å². The number of rotatable bonds is 3. The van der Waals surface area contributed by atoms with Crippen LogP contribution in [0.1, 0.15) is 5.56 Å². The first-order valence-electron chi connectivity index (χ1n) is 8.44. The zero-order chi connectivity index (χ0) is 20.8. The van der Waals surface area contributed by atoms with Crippen molar-refractivity contribution in [2.75, 3.05) is 9.21 Å². The van der Waals surface area contributed by atoms with Gasteiger partial charge in [0, 0.05) is 6.07 Å². The van der Waals surface area contributed by atoms with Gasteiger partial charge < -0.3 is 0 Å². The molecule has 5 nitrogen and oxygen atoms in total. The Bertz CT molecular complexity index is 1210. The molecule has 0 aliphatic carbocycles. The van der Waals surface area contributed by atoms with Crippen LogP contribution in [0.3, 0.4) is 0 Å². The molecular weight excluding hydrogens is 405 g/mol. The van der Waals surface area contributed by atoms with Gasteiger partial charge in [0.15, 0.2) is 0 Å². The summed E-state index contributed by atoms with van der Waals surface area (Å²) >= 11 is 0. The third kappa shape index (κ3) is 3.23. The second-order valence-corrected chi connectivity index (χ2v) is 8.08. The first-order valence-corrected chi connectivity index (χ1v) is 9.88. The van der Waals surface area contributed by atoms with Gasteiger partial charge in [0.25, 0.3) is 10.0 Å². The number of fused-ring (bicyclic) bond motifs is 1. The van der Waals surface area contributed by atoms with E-state index in [9.17, 15) is 26.4 Å². The largest absolute Gasteiger partial charge is 0.343 e. The second kappa shape index (κ2) is 6.93. The van der Waals surface area contributed by atoms with Crippen molar-refractivity contribution in [3.8, 4) is 0 Å². The summed E-state index contributed by atoms with van der Waals surface area (Å²) in [4.78, 5) is 14.0.